The number of carboxylic acid groups (broad SMARTS) is 1. The van der Waals surface area contributed by atoms with Crippen LogP contribution in [0.15, 0.2) is 48.5 Å². The molecular weight excluding hydrogens is 360 g/mol. The van der Waals surface area contributed by atoms with Crippen molar-refractivity contribution in [3.8, 4) is 5.75 Å². The second-order valence-corrected chi connectivity index (χ2v) is 6.64. The van der Waals surface area contributed by atoms with Crippen LogP contribution in [0.3, 0.4) is 0 Å². The standard InChI is InChI=1S/C21H22N2O5/c1-28-16-7-8-18(17(13-16)21(26)27)22-19(24)14-9-11-23(12-10-14)20(25)15-5-3-2-4-6-15/h2-8,13-14H,9-12H2,1H3,(H,22,24)(H,26,27). The van der Waals surface area contributed by atoms with Crippen molar-refractivity contribution >= 4 is 23.5 Å². The topological polar surface area (TPSA) is 95.9 Å². The van der Waals surface area contributed by atoms with Crippen LogP contribution in [0.1, 0.15) is 33.6 Å². The minimum Gasteiger partial charge on any atom is -0.497 e. The molecule has 0 radical (unpaired) electrons. The molecule has 1 saturated heterocycles. The molecule has 146 valence electrons. The predicted octanol–water partition coefficient (Wildman–Crippen LogP) is 2.88. The van der Waals surface area contributed by atoms with E-state index in [2.05, 4.69) is 5.32 Å². The van der Waals surface area contributed by atoms with Crippen molar-refractivity contribution in [1.82, 2.24) is 4.90 Å². The van der Waals surface area contributed by atoms with Crippen LogP contribution in [-0.4, -0.2) is 48.0 Å². The van der Waals surface area contributed by atoms with Gasteiger partial charge in [0.25, 0.3) is 5.91 Å². The van der Waals surface area contributed by atoms with E-state index in [9.17, 15) is 19.5 Å². The van der Waals surface area contributed by atoms with Crippen molar-refractivity contribution in [2.75, 3.05) is 25.5 Å². The van der Waals surface area contributed by atoms with Gasteiger partial charge in [0.05, 0.1) is 18.4 Å². The number of piperidine rings is 1. The smallest absolute Gasteiger partial charge is 0.337 e. The van der Waals surface area contributed by atoms with E-state index in [1.165, 1.54) is 19.2 Å². The van der Waals surface area contributed by atoms with Crippen molar-refractivity contribution in [1.29, 1.82) is 0 Å². The number of carboxylic acids is 1. The van der Waals surface area contributed by atoms with Gasteiger partial charge < -0.3 is 20.1 Å². The maximum atomic E-state index is 12.6. The molecule has 0 unspecified atom stereocenters. The normalized spacial score (nSPS) is 14.4. The molecule has 0 saturated carbocycles. The molecule has 7 heteroatoms. The van der Waals surface area contributed by atoms with Gasteiger partial charge in [0.1, 0.15) is 5.75 Å². The fourth-order valence-electron chi connectivity index (χ4n) is 3.28. The van der Waals surface area contributed by atoms with Gasteiger partial charge in [0, 0.05) is 24.6 Å². The van der Waals surface area contributed by atoms with Crippen molar-refractivity contribution in [3.63, 3.8) is 0 Å². The summed E-state index contributed by atoms with van der Waals surface area (Å²) in [6, 6.07) is 13.6. The maximum Gasteiger partial charge on any atom is 0.337 e. The molecular formula is C21H22N2O5. The lowest BCUT2D eigenvalue weighted by Gasteiger charge is -2.31. The lowest BCUT2D eigenvalue weighted by Crippen LogP contribution is -2.41. The molecule has 28 heavy (non-hydrogen) atoms. The zero-order valence-electron chi connectivity index (χ0n) is 15.6. The number of hydrogen-bond acceptors (Lipinski definition) is 4. The van der Waals surface area contributed by atoms with Gasteiger partial charge in [-0.15, -0.1) is 0 Å². The number of hydrogen-bond donors (Lipinski definition) is 2. The molecule has 1 aliphatic heterocycles. The summed E-state index contributed by atoms with van der Waals surface area (Å²) in [5.74, 6) is -1.29. The fourth-order valence-corrected chi connectivity index (χ4v) is 3.28. The Hall–Kier alpha value is -3.35. The van der Waals surface area contributed by atoms with Gasteiger partial charge in [0.2, 0.25) is 5.91 Å². The van der Waals surface area contributed by atoms with E-state index in [1.807, 2.05) is 18.2 Å². The van der Waals surface area contributed by atoms with E-state index >= 15 is 0 Å². The first-order valence-corrected chi connectivity index (χ1v) is 9.06. The Morgan fingerprint density at radius 2 is 1.75 bits per heavy atom. The summed E-state index contributed by atoms with van der Waals surface area (Å²) in [5.41, 5.74) is 0.847. The third kappa shape index (κ3) is 4.31. The minimum atomic E-state index is -1.14. The van der Waals surface area contributed by atoms with Crippen LogP contribution in [-0.2, 0) is 4.79 Å². The van der Waals surface area contributed by atoms with Crippen molar-refractivity contribution in [2.45, 2.75) is 12.8 Å². The number of anilines is 1. The SMILES string of the molecule is COc1ccc(NC(=O)C2CCN(C(=O)c3ccccc3)CC2)c(C(=O)O)c1. The summed E-state index contributed by atoms with van der Waals surface area (Å²) in [6.07, 6.45) is 1.06. The van der Waals surface area contributed by atoms with Gasteiger partial charge in [-0.2, -0.15) is 0 Å². The zero-order chi connectivity index (χ0) is 20.1. The number of ether oxygens (including phenoxy) is 1. The Balaban J connectivity index is 1.62. The van der Waals surface area contributed by atoms with Crippen LogP contribution >= 0.6 is 0 Å². The fraction of sp³-hybridized carbons (Fsp3) is 0.286. The third-order valence-corrected chi connectivity index (χ3v) is 4.89. The van der Waals surface area contributed by atoms with E-state index in [-0.39, 0.29) is 29.0 Å². The number of methoxy groups -OCH3 is 1. The molecule has 2 N–H and O–H groups in total. The van der Waals surface area contributed by atoms with Crippen molar-refractivity contribution in [3.05, 3.63) is 59.7 Å². The summed E-state index contributed by atoms with van der Waals surface area (Å²) >= 11 is 0. The number of nitrogens with one attached hydrogen (secondary N) is 1. The van der Waals surface area contributed by atoms with Crippen LogP contribution < -0.4 is 10.1 Å². The highest BCUT2D eigenvalue weighted by Gasteiger charge is 2.28. The molecule has 0 atom stereocenters. The quantitative estimate of drug-likeness (QED) is 0.829. The number of likely N-dealkylation sites (tertiary alicyclic amines) is 1. The molecule has 0 aromatic heterocycles. The summed E-state index contributed by atoms with van der Waals surface area (Å²) in [6.45, 7) is 0.973. The second-order valence-electron chi connectivity index (χ2n) is 6.64. The Morgan fingerprint density at radius 1 is 1.07 bits per heavy atom. The zero-order valence-corrected chi connectivity index (χ0v) is 15.6. The van der Waals surface area contributed by atoms with Gasteiger partial charge in [-0.05, 0) is 43.2 Å². The Bertz CT molecular complexity index is 874. The highest BCUT2D eigenvalue weighted by molar-refractivity contribution is 6.01. The van der Waals surface area contributed by atoms with Crippen LogP contribution in [0.2, 0.25) is 0 Å². The number of benzene rings is 2. The Kier molecular flexibility index (Phi) is 5.93. The average molecular weight is 382 g/mol. The highest BCUT2D eigenvalue weighted by atomic mass is 16.5. The summed E-state index contributed by atoms with van der Waals surface area (Å²) in [4.78, 5) is 38.3. The first-order chi connectivity index (χ1) is 13.5. The number of aromatic carboxylic acids is 1. The van der Waals surface area contributed by atoms with Gasteiger partial charge in [-0.25, -0.2) is 4.79 Å². The second kappa shape index (κ2) is 8.56. The molecule has 2 aromatic rings. The molecule has 1 heterocycles. The van der Waals surface area contributed by atoms with E-state index in [1.54, 1.807) is 23.1 Å². The number of amides is 2. The number of carbonyl (C=O) groups excluding carboxylic acids is 2. The van der Waals surface area contributed by atoms with Crippen LogP contribution in [0, 0.1) is 5.92 Å². The lowest BCUT2D eigenvalue weighted by molar-refractivity contribution is -0.121. The van der Waals surface area contributed by atoms with Gasteiger partial charge >= 0.3 is 5.97 Å². The number of nitrogens with zero attached hydrogens (tertiary/aromatic N) is 1. The minimum absolute atomic E-state index is 0.0237. The van der Waals surface area contributed by atoms with Gasteiger partial charge in [-0.3, -0.25) is 9.59 Å². The molecule has 1 aliphatic rings. The highest BCUT2D eigenvalue weighted by Crippen LogP contribution is 2.25. The van der Waals surface area contributed by atoms with Gasteiger partial charge in [-0.1, -0.05) is 18.2 Å². The first kappa shape index (κ1) is 19.4. The summed E-state index contributed by atoms with van der Waals surface area (Å²) < 4.78 is 5.04. The van der Waals surface area contributed by atoms with Crippen LogP contribution in [0.25, 0.3) is 0 Å². The Morgan fingerprint density at radius 3 is 2.36 bits per heavy atom. The van der Waals surface area contributed by atoms with Crippen LogP contribution in [0.4, 0.5) is 5.69 Å². The predicted molar refractivity (Wildman–Crippen MR) is 104 cm³/mol. The number of rotatable bonds is 5. The van der Waals surface area contributed by atoms with Crippen molar-refractivity contribution < 1.29 is 24.2 Å². The van der Waals surface area contributed by atoms with Crippen LogP contribution in [0.5, 0.6) is 5.75 Å². The van der Waals surface area contributed by atoms with Crippen molar-refractivity contribution in [2.24, 2.45) is 5.92 Å². The first-order valence-electron chi connectivity index (χ1n) is 9.06. The van der Waals surface area contributed by atoms with E-state index in [4.69, 9.17) is 4.74 Å². The number of carbonyl (C=O) groups is 3. The molecule has 1 fully saturated rings. The molecule has 0 bridgehead atoms. The van der Waals surface area contributed by atoms with Gasteiger partial charge in [0.15, 0.2) is 0 Å². The summed E-state index contributed by atoms with van der Waals surface area (Å²) in [5, 5.41) is 12.1. The molecule has 0 spiro atoms. The molecule has 0 aliphatic carbocycles. The average Bonchev–Trinajstić information content (AvgIpc) is 2.74. The molecule has 3 rings (SSSR count). The molecule has 2 amide bonds. The largest absolute Gasteiger partial charge is 0.497 e. The monoisotopic (exact) mass is 382 g/mol. The molecule has 2 aromatic carbocycles. The van der Waals surface area contributed by atoms with E-state index in [0.717, 1.165) is 0 Å². The summed E-state index contributed by atoms with van der Waals surface area (Å²) in [7, 11) is 1.45. The molecule has 7 nitrogen and oxygen atoms in total. The lowest BCUT2D eigenvalue weighted by atomic mass is 9.95. The Labute approximate surface area is 162 Å². The van der Waals surface area contributed by atoms with E-state index < -0.39 is 5.97 Å². The maximum absolute atomic E-state index is 12.6. The van der Waals surface area contributed by atoms with E-state index in [0.29, 0.717) is 37.2 Å². The third-order valence-electron chi connectivity index (χ3n) is 4.89.